The van der Waals surface area contributed by atoms with Gasteiger partial charge in [-0.25, -0.2) is 10.2 Å². The summed E-state index contributed by atoms with van der Waals surface area (Å²) in [5.74, 6) is -2.10. The fourth-order valence-corrected chi connectivity index (χ4v) is 3.88. The van der Waals surface area contributed by atoms with Gasteiger partial charge < -0.3 is 15.4 Å². The average Bonchev–Trinajstić information content (AvgIpc) is 2.85. The molecule has 2 rings (SSSR count). The zero-order valence-corrected chi connectivity index (χ0v) is 22.3. The molecule has 1 aliphatic rings. The van der Waals surface area contributed by atoms with Crippen molar-refractivity contribution in [2.45, 2.75) is 72.4 Å². The van der Waals surface area contributed by atoms with Gasteiger partial charge in [0.05, 0.1) is 11.6 Å². The number of hydrogen-bond acceptors (Lipinski definition) is 8. The van der Waals surface area contributed by atoms with E-state index >= 15 is 0 Å². The zero-order valence-electron chi connectivity index (χ0n) is 22.3. The maximum Gasteiger partial charge on any atom is 0.340 e. The first-order valence-electron chi connectivity index (χ1n) is 12.7. The molecule has 2 atom stereocenters. The summed E-state index contributed by atoms with van der Waals surface area (Å²) >= 11 is 0. The van der Waals surface area contributed by atoms with Crippen LogP contribution in [-0.2, 0) is 23.9 Å². The van der Waals surface area contributed by atoms with Crippen molar-refractivity contribution >= 4 is 29.5 Å². The van der Waals surface area contributed by atoms with Crippen molar-refractivity contribution in [2.75, 3.05) is 19.7 Å². The predicted octanol–water partition coefficient (Wildman–Crippen LogP) is 1.30. The number of aromatic nitrogens is 1. The van der Waals surface area contributed by atoms with Crippen LogP contribution in [0.2, 0.25) is 0 Å². The highest BCUT2D eigenvalue weighted by atomic mass is 16.5. The molecule has 0 saturated carbocycles. The van der Waals surface area contributed by atoms with Gasteiger partial charge in [0.15, 0.2) is 12.4 Å². The van der Waals surface area contributed by atoms with Crippen LogP contribution in [0.1, 0.15) is 69.4 Å². The van der Waals surface area contributed by atoms with Gasteiger partial charge in [-0.05, 0) is 43.7 Å². The minimum absolute atomic E-state index is 0.0387. The number of carbonyl (C=O) groups is 5. The molecule has 3 N–H and O–H groups in total. The minimum atomic E-state index is -0.898. The smallest absolute Gasteiger partial charge is 0.340 e. The van der Waals surface area contributed by atoms with Gasteiger partial charge in [0.2, 0.25) is 17.7 Å². The molecule has 0 unspecified atom stereocenters. The van der Waals surface area contributed by atoms with Gasteiger partial charge in [-0.2, -0.15) is 0 Å². The second kappa shape index (κ2) is 14.4. The lowest BCUT2D eigenvalue weighted by atomic mass is 9.98. The summed E-state index contributed by atoms with van der Waals surface area (Å²) in [6.45, 7) is 9.41. The average molecular weight is 518 g/mol. The number of nitrogens with zero attached hydrogens (tertiary/aromatic N) is 2. The summed E-state index contributed by atoms with van der Waals surface area (Å²) in [6, 6.07) is 1.53. The summed E-state index contributed by atoms with van der Waals surface area (Å²) in [5.41, 5.74) is 3.94. The van der Waals surface area contributed by atoms with Gasteiger partial charge in [0.1, 0.15) is 6.04 Å². The Hall–Kier alpha value is -3.34. The maximum absolute atomic E-state index is 13.1. The molecule has 0 radical (unpaired) electrons. The molecule has 37 heavy (non-hydrogen) atoms. The van der Waals surface area contributed by atoms with E-state index in [0.717, 1.165) is 5.69 Å². The molecular formula is C26H39N5O6. The van der Waals surface area contributed by atoms with E-state index in [-0.39, 0.29) is 42.2 Å². The molecule has 1 aromatic heterocycles. The van der Waals surface area contributed by atoms with E-state index in [4.69, 9.17) is 4.74 Å². The molecule has 1 fully saturated rings. The molecular weight excluding hydrogens is 478 g/mol. The largest absolute Gasteiger partial charge is 0.454 e. The minimum Gasteiger partial charge on any atom is -0.454 e. The van der Waals surface area contributed by atoms with Gasteiger partial charge in [0, 0.05) is 37.8 Å². The molecule has 11 heteroatoms. The number of ketones is 1. The Labute approximate surface area is 218 Å². The Morgan fingerprint density at radius 2 is 1.89 bits per heavy atom. The molecule has 0 spiro atoms. The summed E-state index contributed by atoms with van der Waals surface area (Å²) in [6.07, 6.45) is 2.90. The lowest BCUT2D eigenvalue weighted by Crippen LogP contribution is -2.61. The van der Waals surface area contributed by atoms with Crippen molar-refractivity contribution in [1.82, 2.24) is 26.1 Å². The standard InChI is InChI=1S/C26H39N5O6/c1-16(2)13-22(33)27-12-10-23(34)31-20(7-6-11-29-31)25(35)30-24(17(3)4)21(32)15-37-26(36)19-9-8-18(5)28-14-19/h8-9,14,16-17,20,24,29H,6-7,10-13,15H2,1-5H3,(H,27,33)(H,30,35)/t20-,24-/m0/s1. The molecule has 1 aromatic rings. The van der Waals surface area contributed by atoms with Crippen LogP contribution in [0.15, 0.2) is 18.3 Å². The van der Waals surface area contributed by atoms with E-state index in [9.17, 15) is 24.0 Å². The van der Waals surface area contributed by atoms with Crippen molar-refractivity contribution in [3.63, 3.8) is 0 Å². The van der Waals surface area contributed by atoms with Gasteiger partial charge in [0.25, 0.3) is 0 Å². The number of rotatable bonds is 12. The van der Waals surface area contributed by atoms with E-state index in [1.54, 1.807) is 32.9 Å². The first-order valence-corrected chi connectivity index (χ1v) is 12.7. The highest BCUT2D eigenvalue weighted by Gasteiger charge is 2.35. The van der Waals surface area contributed by atoms with E-state index in [0.29, 0.717) is 25.8 Å². The first kappa shape index (κ1) is 29.9. The van der Waals surface area contributed by atoms with Crippen LogP contribution < -0.4 is 16.1 Å². The molecule has 1 aliphatic heterocycles. The van der Waals surface area contributed by atoms with Gasteiger partial charge >= 0.3 is 5.97 Å². The fraction of sp³-hybridized carbons (Fsp3) is 0.615. The van der Waals surface area contributed by atoms with Gasteiger partial charge in [-0.3, -0.25) is 29.2 Å². The van der Waals surface area contributed by atoms with Gasteiger partial charge in [-0.15, -0.1) is 0 Å². The first-order chi connectivity index (χ1) is 17.5. The summed E-state index contributed by atoms with van der Waals surface area (Å²) in [5, 5.41) is 6.76. The monoisotopic (exact) mass is 517 g/mol. The van der Waals surface area contributed by atoms with E-state index < -0.39 is 36.4 Å². The second-order valence-corrected chi connectivity index (χ2v) is 9.99. The van der Waals surface area contributed by atoms with Crippen molar-refractivity contribution in [1.29, 1.82) is 0 Å². The number of ether oxygens (including phenoxy) is 1. The molecule has 0 aromatic carbocycles. The Bertz CT molecular complexity index is 963. The Kier molecular flexibility index (Phi) is 11.6. The highest BCUT2D eigenvalue weighted by molar-refractivity contribution is 5.95. The number of carbonyl (C=O) groups excluding carboxylic acids is 5. The third kappa shape index (κ3) is 9.56. The van der Waals surface area contributed by atoms with E-state index in [2.05, 4.69) is 21.0 Å². The number of Topliss-reactive ketones (excluding diaryl/α,β-unsaturated/α-hetero) is 1. The normalized spacial score (nSPS) is 16.3. The molecule has 3 amide bonds. The molecule has 0 aliphatic carbocycles. The van der Waals surface area contributed by atoms with E-state index in [1.807, 2.05) is 13.8 Å². The number of aryl methyl sites for hydroxylation is 1. The molecule has 11 nitrogen and oxygen atoms in total. The van der Waals surface area contributed by atoms with Crippen LogP contribution in [-0.4, -0.2) is 71.2 Å². The SMILES string of the molecule is Cc1ccc(C(=O)OCC(=O)[C@@H](NC(=O)[C@@H]2CCCNN2C(=O)CCNC(=O)CC(C)C)C(C)C)cn1. The van der Waals surface area contributed by atoms with Gasteiger partial charge in [-0.1, -0.05) is 27.7 Å². The Balaban J connectivity index is 1.94. The Morgan fingerprint density at radius 3 is 2.51 bits per heavy atom. The van der Waals surface area contributed by atoms with Crippen LogP contribution in [0.25, 0.3) is 0 Å². The number of amides is 3. The molecule has 0 bridgehead atoms. The lowest BCUT2D eigenvalue weighted by molar-refractivity contribution is -0.147. The summed E-state index contributed by atoms with van der Waals surface area (Å²) < 4.78 is 5.14. The van der Waals surface area contributed by atoms with Crippen LogP contribution in [0.3, 0.4) is 0 Å². The van der Waals surface area contributed by atoms with Crippen molar-refractivity contribution < 1.29 is 28.7 Å². The van der Waals surface area contributed by atoms with Crippen molar-refractivity contribution in [3.8, 4) is 0 Å². The fourth-order valence-electron chi connectivity index (χ4n) is 3.88. The second-order valence-electron chi connectivity index (χ2n) is 9.99. The summed E-state index contributed by atoms with van der Waals surface area (Å²) in [4.78, 5) is 66.9. The van der Waals surface area contributed by atoms with Crippen molar-refractivity contribution in [3.05, 3.63) is 29.6 Å². The van der Waals surface area contributed by atoms with Crippen LogP contribution >= 0.6 is 0 Å². The highest BCUT2D eigenvalue weighted by Crippen LogP contribution is 2.14. The third-order valence-electron chi connectivity index (χ3n) is 5.88. The maximum atomic E-state index is 13.1. The van der Waals surface area contributed by atoms with E-state index in [1.165, 1.54) is 11.2 Å². The molecule has 2 heterocycles. The molecule has 204 valence electrons. The van der Waals surface area contributed by atoms with Crippen LogP contribution in [0.4, 0.5) is 0 Å². The number of hydrogen-bond donors (Lipinski definition) is 3. The number of hydrazine groups is 1. The van der Waals surface area contributed by atoms with Crippen LogP contribution in [0, 0.1) is 18.8 Å². The number of esters is 1. The quantitative estimate of drug-likeness (QED) is 0.352. The number of pyridine rings is 1. The third-order valence-corrected chi connectivity index (χ3v) is 5.88. The molecule has 1 saturated heterocycles. The van der Waals surface area contributed by atoms with Crippen molar-refractivity contribution in [2.24, 2.45) is 11.8 Å². The Morgan fingerprint density at radius 1 is 1.16 bits per heavy atom. The predicted molar refractivity (Wildman–Crippen MR) is 136 cm³/mol. The van der Waals surface area contributed by atoms with Crippen LogP contribution in [0.5, 0.6) is 0 Å². The zero-order chi connectivity index (χ0) is 27.5. The number of nitrogens with one attached hydrogen (secondary N) is 3. The summed E-state index contributed by atoms with van der Waals surface area (Å²) in [7, 11) is 0. The lowest BCUT2D eigenvalue weighted by Gasteiger charge is -2.36. The topological polar surface area (TPSA) is 147 Å².